The van der Waals surface area contributed by atoms with Crippen LogP contribution in [0.1, 0.15) is 69.6 Å². The van der Waals surface area contributed by atoms with E-state index in [2.05, 4.69) is 79.5 Å². The van der Waals surface area contributed by atoms with Crippen molar-refractivity contribution in [3.05, 3.63) is 41.3 Å². The summed E-state index contributed by atoms with van der Waals surface area (Å²) in [4.78, 5) is 13.1. The molecular weight excluding hydrogens is 498 g/mol. The summed E-state index contributed by atoms with van der Waals surface area (Å²) in [6.07, 6.45) is 5.96. The fourth-order valence-electron chi connectivity index (χ4n) is 5.76. The lowest BCUT2D eigenvalue weighted by atomic mass is 9.95. The van der Waals surface area contributed by atoms with E-state index in [9.17, 15) is 8.42 Å². The highest BCUT2D eigenvalue weighted by Gasteiger charge is 2.25. The maximum Gasteiger partial charge on any atom is 0.158 e. The van der Waals surface area contributed by atoms with Crippen molar-refractivity contribution in [3.8, 4) is 11.3 Å². The predicted octanol–water partition coefficient (Wildman–Crippen LogP) is 4.76. The van der Waals surface area contributed by atoms with Gasteiger partial charge in [0, 0.05) is 35.4 Å². The van der Waals surface area contributed by atoms with Gasteiger partial charge in [0.1, 0.15) is 22.0 Å². The molecule has 1 fully saturated rings. The van der Waals surface area contributed by atoms with Gasteiger partial charge in [0.2, 0.25) is 0 Å². The lowest BCUT2D eigenvalue weighted by Crippen LogP contribution is -2.43. The number of anilines is 1. The first kappa shape index (κ1) is 26.6. The monoisotopic (exact) mass is 537 g/mol. The first-order chi connectivity index (χ1) is 18.0. The molecule has 0 bridgehead atoms. The number of sulfone groups is 1. The largest absolute Gasteiger partial charge is 0.368 e. The van der Waals surface area contributed by atoms with Gasteiger partial charge in [-0.3, -0.25) is 0 Å². The molecule has 0 saturated carbocycles. The van der Waals surface area contributed by atoms with Crippen LogP contribution in [0, 0.1) is 13.8 Å². The Morgan fingerprint density at radius 1 is 1.08 bits per heavy atom. The summed E-state index contributed by atoms with van der Waals surface area (Å²) in [7, 11) is -2.84. The molecule has 0 unspecified atom stereocenters. The van der Waals surface area contributed by atoms with Gasteiger partial charge in [-0.2, -0.15) is 5.10 Å². The van der Waals surface area contributed by atoms with E-state index < -0.39 is 9.84 Å². The number of nitrogens with zero attached hydrogens (tertiary/aromatic N) is 4. The van der Waals surface area contributed by atoms with Gasteiger partial charge in [0.25, 0.3) is 0 Å². The number of pyridine rings is 2. The van der Waals surface area contributed by atoms with Crippen molar-refractivity contribution in [1.82, 2.24) is 29.9 Å². The third-order valence-electron chi connectivity index (χ3n) is 7.83. The number of H-pyrrole nitrogens is 1. The fourth-order valence-corrected chi connectivity index (χ4v) is 7.25. The number of fused-ring (bicyclic) bond motifs is 2. The Hall–Kier alpha value is -2.98. The fraction of sp³-hybridized carbons (Fsp3) is 0.536. The summed E-state index contributed by atoms with van der Waals surface area (Å²) in [6.45, 7) is 13.0. The highest BCUT2D eigenvalue weighted by molar-refractivity contribution is 7.91. The number of nitrogens with one attached hydrogen (secondary N) is 3. The second-order valence-corrected chi connectivity index (χ2v) is 13.6. The maximum absolute atomic E-state index is 11.7. The molecule has 0 radical (unpaired) electrons. The first-order valence-electron chi connectivity index (χ1n) is 13.6. The minimum absolute atomic E-state index is 0.204. The minimum atomic E-state index is -2.84. The van der Waals surface area contributed by atoms with E-state index in [4.69, 9.17) is 4.98 Å². The Kier molecular flexibility index (Phi) is 7.21. The van der Waals surface area contributed by atoms with Crippen LogP contribution in [-0.2, 0) is 9.84 Å². The topological polar surface area (TPSA) is 117 Å². The first-order valence-corrected chi connectivity index (χ1v) is 15.4. The van der Waals surface area contributed by atoms with Crippen LogP contribution in [0.15, 0.2) is 24.7 Å². The highest BCUT2D eigenvalue weighted by Crippen LogP contribution is 2.37. The zero-order valence-corrected chi connectivity index (χ0v) is 24.0. The smallest absolute Gasteiger partial charge is 0.158 e. The lowest BCUT2D eigenvalue weighted by molar-refractivity contribution is 0.390. The standard InChI is InChI=1S/C28H39N7O2S/c1-16(2)25-26(22-14-35-28(29-15-30-35)20(6)19(22)5)33-23-7-8-24(34-27(23)25)32-18(4)13-17(3)31-21-9-11-38(36,37)12-10-21/h7-8,14-18,21,31,33H,9-13H2,1-6H3,(H,32,34)/t17-,18-/m0/s1. The summed E-state index contributed by atoms with van der Waals surface area (Å²) in [6, 6.07) is 4.88. The number of hydrogen-bond donors (Lipinski definition) is 3. The van der Waals surface area contributed by atoms with Crippen molar-refractivity contribution in [2.75, 3.05) is 16.8 Å². The molecule has 1 aliphatic heterocycles. The van der Waals surface area contributed by atoms with Crippen molar-refractivity contribution in [3.63, 3.8) is 0 Å². The molecule has 4 aromatic rings. The van der Waals surface area contributed by atoms with Crippen LogP contribution in [-0.4, -0.2) is 62.6 Å². The third-order valence-corrected chi connectivity index (χ3v) is 9.54. The Morgan fingerprint density at radius 3 is 2.53 bits per heavy atom. The zero-order valence-electron chi connectivity index (χ0n) is 23.2. The van der Waals surface area contributed by atoms with Crippen LogP contribution in [0.25, 0.3) is 27.9 Å². The van der Waals surface area contributed by atoms with E-state index in [1.165, 1.54) is 11.1 Å². The molecule has 0 aromatic carbocycles. The third kappa shape index (κ3) is 5.29. The number of aromatic amines is 1. The van der Waals surface area contributed by atoms with Crippen LogP contribution >= 0.6 is 0 Å². The molecule has 0 spiro atoms. The predicted molar refractivity (Wildman–Crippen MR) is 154 cm³/mol. The second-order valence-electron chi connectivity index (χ2n) is 11.3. The van der Waals surface area contributed by atoms with Crippen molar-refractivity contribution in [2.24, 2.45) is 0 Å². The molecule has 204 valence electrons. The summed E-state index contributed by atoms with van der Waals surface area (Å²) in [5.74, 6) is 1.71. The molecule has 9 nitrogen and oxygen atoms in total. The van der Waals surface area contributed by atoms with Gasteiger partial charge >= 0.3 is 0 Å². The summed E-state index contributed by atoms with van der Waals surface area (Å²) < 4.78 is 25.3. The minimum Gasteiger partial charge on any atom is -0.368 e. The van der Waals surface area contributed by atoms with E-state index in [0.29, 0.717) is 12.8 Å². The average molecular weight is 538 g/mol. The van der Waals surface area contributed by atoms with Crippen molar-refractivity contribution in [2.45, 2.75) is 84.8 Å². The molecule has 3 N–H and O–H groups in total. The second kappa shape index (κ2) is 10.3. The molecule has 5 heterocycles. The van der Waals surface area contributed by atoms with Crippen LogP contribution in [0.3, 0.4) is 0 Å². The van der Waals surface area contributed by atoms with Crippen LogP contribution < -0.4 is 10.6 Å². The number of aromatic nitrogens is 5. The van der Waals surface area contributed by atoms with Gasteiger partial charge in [-0.05, 0) is 76.1 Å². The molecular formula is C28H39N7O2S. The quantitative estimate of drug-likeness (QED) is 0.297. The van der Waals surface area contributed by atoms with Crippen LogP contribution in [0.5, 0.6) is 0 Å². The van der Waals surface area contributed by atoms with Crippen LogP contribution in [0.2, 0.25) is 0 Å². The Morgan fingerprint density at radius 2 is 1.82 bits per heavy atom. The molecule has 1 aliphatic rings. The van der Waals surface area contributed by atoms with Crippen molar-refractivity contribution >= 4 is 32.3 Å². The van der Waals surface area contributed by atoms with Crippen LogP contribution in [0.4, 0.5) is 5.82 Å². The van der Waals surface area contributed by atoms with Gasteiger partial charge < -0.3 is 15.6 Å². The summed E-state index contributed by atoms with van der Waals surface area (Å²) in [5.41, 5.74) is 8.57. The molecule has 5 rings (SSSR count). The van der Waals surface area contributed by atoms with Gasteiger partial charge in [0.15, 0.2) is 5.65 Å². The van der Waals surface area contributed by atoms with E-state index >= 15 is 0 Å². The van der Waals surface area contributed by atoms with Gasteiger partial charge in [-0.1, -0.05) is 13.8 Å². The van der Waals surface area contributed by atoms with Gasteiger partial charge in [-0.25, -0.2) is 22.9 Å². The molecule has 0 amide bonds. The SMILES string of the molecule is Cc1c(-c2[nH]c3ccc(N[C@@H](C)C[C@H](C)NC4CCS(=O)(=O)CC4)nc3c2C(C)C)cn2ncnc2c1C. The highest BCUT2D eigenvalue weighted by atomic mass is 32.2. The molecule has 38 heavy (non-hydrogen) atoms. The van der Waals surface area contributed by atoms with Crippen molar-refractivity contribution in [1.29, 1.82) is 0 Å². The van der Waals surface area contributed by atoms with E-state index in [1.54, 1.807) is 6.33 Å². The Balaban J connectivity index is 1.36. The van der Waals surface area contributed by atoms with Gasteiger partial charge in [0.05, 0.1) is 28.2 Å². The normalized spacial score (nSPS) is 17.9. The van der Waals surface area contributed by atoms with E-state index in [0.717, 1.165) is 45.7 Å². The molecule has 4 aromatic heterocycles. The maximum atomic E-state index is 11.7. The molecule has 0 aliphatic carbocycles. The summed E-state index contributed by atoms with van der Waals surface area (Å²) >= 11 is 0. The zero-order chi connectivity index (χ0) is 27.2. The van der Waals surface area contributed by atoms with Gasteiger partial charge in [-0.15, -0.1) is 0 Å². The number of hydrogen-bond acceptors (Lipinski definition) is 7. The Labute approximate surface area is 224 Å². The lowest BCUT2D eigenvalue weighted by Gasteiger charge is -2.28. The Bertz CT molecular complexity index is 1560. The van der Waals surface area contributed by atoms with E-state index in [-0.39, 0.29) is 35.5 Å². The number of aryl methyl sites for hydroxylation is 1. The molecule has 1 saturated heterocycles. The molecule has 2 atom stereocenters. The van der Waals surface area contributed by atoms with Crippen molar-refractivity contribution < 1.29 is 8.42 Å². The summed E-state index contributed by atoms with van der Waals surface area (Å²) in [5, 5.41) is 11.6. The van der Waals surface area contributed by atoms with E-state index in [1.807, 2.05) is 10.6 Å². The molecule has 10 heteroatoms. The average Bonchev–Trinajstić information content (AvgIpc) is 3.47. The number of rotatable bonds is 8.